The SMILES string of the molecule is CCCCC[C@@H](N)c1cccc(OC)c1OC. The molecule has 0 aliphatic heterocycles. The van der Waals surface area contributed by atoms with Crippen LogP contribution in [0.3, 0.4) is 0 Å². The van der Waals surface area contributed by atoms with E-state index in [1.165, 1.54) is 12.8 Å². The summed E-state index contributed by atoms with van der Waals surface area (Å²) in [5.74, 6) is 1.51. The van der Waals surface area contributed by atoms with Crippen LogP contribution in [0, 0.1) is 0 Å². The molecule has 0 aliphatic rings. The number of unbranched alkanes of at least 4 members (excludes halogenated alkanes) is 2. The molecule has 17 heavy (non-hydrogen) atoms. The summed E-state index contributed by atoms with van der Waals surface area (Å²) in [5, 5.41) is 0. The molecule has 1 aromatic rings. The van der Waals surface area contributed by atoms with E-state index in [9.17, 15) is 0 Å². The van der Waals surface area contributed by atoms with Crippen molar-refractivity contribution in [2.75, 3.05) is 14.2 Å². The Balaban J connectivity index is 2.81. The Labute approximate surface area is 104 Å². The van der Waals surface area contributed by atoms with Crippen molar-refractivity contribution in [2.45, 2.75) is 38.6 Å². The third-order valence-corrected chi connectivity index (χ3v) is 2.95. The maximum absolute atomic E-state index is 6.20. The fourth-order valence-corrected chi connectivity index (χ4v) is 1.97. The highest BCUT2D eigenvalue weighted by Crippen LogP contribution is 2.35. The Hall–Kier alpha value is -1.22. The van der Waals surface area contributed by atoms with Crippen molar-refractivity contribution in [3.8, 4) is 11.5 Å². The first kappa shape index (κ1) is 13.8. The molecule has 0 spiro atoms. The predicted octanol–water partition coefficient (Wildman–Crippen LogP) is 3.28. The van der Waals surface area contributed by atoms with E-state index >= 15 is 0 Å². The monoisotopic (exact) mass is 237 g/mol. The third-order valence-electron chi connectivity index (χ3n) is 2.95. The molecule has 2 N–H and O–H groups in total. The van der Waals surface area contributed by atoms with E-state index in [2.05, 4.69) is 6.92 Å². The average molecular weight is 237 g/mol. The molecule has 0 unspecified atom stereocenters. The molecular formula is C14H23NO2. The van der Waals surface area contributed by atoms with Gasteiger partial charge in [0.05, 0.1) is 14.2 Å². The molecule has 1 atom stereocenters. The first-order chi connectivity index (χ1) is 8.24. The molecule has 96 valence electrons. The highest BCUT2D eigenvalue weighted by atomic mass is 16.5. The van der Waals surface area contributed by atoms with Gasteiger partial charge in [-0.05, 0) is 12.5 Å². The molecule has 0 aromatic heterocycles. The molecule has 3 nitrogen and oxygen atoms in total. The maximum atomic E-state index is 6.20. The number of ether oxygens (including phenoxy) is 2. The zero-order chi connectivity index (χ0) is 12.7. The highest BCUT2D eigenvalue weighted by Gasteiger charge is 2.15. The summed E-state index contributed by atoms with van der Waals surface area (Å²) in [7, 11) is 3.30. The van der Waals surface area contributed by atoms with Gasteiger partial charge in [-0.25, -0.2) is 0 Å². The minimum absolute atomic E-state index is 0.0200. The van der Waals surface area contributed by atoms with Crippen LogP contribution in [0.15, 0.2) is 18.2 Å². The van der Waals surface area contributed by atoms with Gasteiger partial charge in [-0.1, -0.05) is 38.3 Å². The van der Waals surface area contributed by atoms with Crippen LogP contribution in [0.4, 0.5) is 0 Å². The van der Waals surface area contributed by atoms with Gasteiger partial charge in [0.15, 0.2) is 11.5 Å². The Morgan fingerprint density at radius 3 is 2.53 bits per heavy atom. The van der Waals surface area contributed by atoms with E-state index in [0.29, 0.717) is 0 Å². The van der Waals surface area contributed by atoms with Crippen LogP contribution in [0.5, 0.6) is 11.5 Å². The standard InChI is InChI=1S/C14H23NO2/c1-4-5-6-9-12(15)11-8-7-10-13(16-2)14(11)17-3/h7-8,10,12H,4-6,9,15H2,1-3H3/t12-/m1/s1. The third kappa shape index (κ3) is 3.63. The van der Waals surface area contributed by atoms with Crippen molar-refractivity contribution in [3.05, 3.63) is 23.8 Å². The summed E-state index contributed by atoms with van der Waals surface area (Å²) in [6.07, 6.45) is 4.57. The van der Waals surface area contributed by atoms with Crippen LogP contribution in [-0.2, 0) is 0 Å². The minimum Gasteiger partial charge on any atom is -0.493 e. The Bertz CT molecular complexity index is 339. The van der Waals surface area contributed by atoms with Crippen molar-refractivity contribution in [3.63, 3.8) is 0 Å². The van der Waals surface area contributed by atoms with Crippen molar-refractivity contribution < 1.29 is 9.47 Å². The summed E-state index contributed by atoms with van der Waals surface area (Å²) in [6, 6.07) is 5.88. The summed E-state index contributed by atoms with van der Waals surface area (Å²) in [6.45, 7) is 2.19. The van der Waals surface area contributed by atoms with Gasteiger partial charge in [-0.15, -0.1) is 0 Å². The van der Waals surface area contributed by atoms with Crippen molar-refractivity contribution in [2.24, 2.45) is 5.73 Å². The number of hydrogen-bond acceptors (Lipinski definition) is 3. The fourth-order valence-electron chi connectivity index (χ4n) is 1.97. The lowest BCUT2D eigenvalue weighted by Gasteiger charge is -2.17. The molecule has 1 aromatic carbocycles. The number of nitrogens with two attached hydrogens (primary N) is 1. The molecule has 0 radical (unpaired) electrons. The van der Waals surface area contributed by atoms with Gasteiger partial charge in [0.2, 0.25) is 0 Å². The van der Waals surface area contributed by atoms with E-state index in [1.54, 1.807) is 14.2 Å². The number of rotatable bonds is 7. The van der Waals surface area contributed by atoms with Gasteiger partial charge in [0.25, 0.3) is 0 Å². The second-order valence-electron chi connectivity index (χ2n) is 4.19. The highest BCUT2D eigenvalue weighted by molar-refractivity contribution is 5.47. The zero-order valence-electron chi connectivity index (χ0n) is 11.0. The number of benzene rings is 1. The summed E-state index contributed by atoms with van der Waals surface area (Å²) >= 11 is 0. The first-order valence-electron chi connectivity index (χ1n) is 6.21. The molecule has 0 bridgehead atoms. The summed E-state index contributed by atoms with van der Waals surface area (Å²) < 4.78 is 10.7. The van der Waals surface area contributed by atoms with Crippen LogP contribution in [-0.4, -0.2) is 14.2 Å². The van der Waals surface area contributed by atoms with E-state index in [-0.39, 0.29) is 6.04 Å². The lowest BCUT2D eigenvalue weighted by Crippen LogP contribution is -2.12. The molecule has 0 aliphatic carbocycles. The summed E-state index contributed by atoms with van der Waals surface area (Å²) in [4.78, 5) is 0. The summed E-state index contributed by atoms with van der Waals surface area (Å²) in [5.41, 5.74) is 7.23. The lowest BCUT2D eigenvalue weighted by atomic mass is 10.00. The van der Waals surface area contributed by atoms with Crippen LogP contribution in [0.1, 0.15) is 44.2 Å². The normalized spacial score (nSPS) is 12.2. The van der Waals surface area contributed by atoms with Gasteiger partial charge < -0.3 is 15.2 Å². The molecule has 0 saturated heterocycles. The number of methoxy groups -OCH3 is 2. The van der Waals surface area contributed by atoms with E-state index in [4.69, 9.17) is 15.2 Å². The van der Waals surface area contributed by atoms with E-state index in [0.717, 1.165) is 29.9 Å². The zero-order valence-corrected chi connectivity index (χ0v) is 11.0. The Morgan fingerprint density at radius 2 is 1.94 bits per heavy atom. The maximum Gasteiger partial charge on any atom is 0.165 e. The molecule has 3 heteroatoms. The molecule has 0 heterocycles. The van der Waals surface area contributed by atoms with Crippen LogP contribution < -0.4 is 15.2 Å². The number of hydrogen-bond donors (Lipinski definition) is 1. The Kier molecular flexibility index (Phi) is 5.84. The van der Waals surface area contributed by atoms with Crippen LogP contribution in [0.25, 0.3) is 0 Å². The fraction of sp³-hybridized carbons (Fsp3) is 0.571. The second-order valence-corrected chi connectivity index (χ2v) is 4.19. The van der Waals surface area contributed by atoms with Crippen molar-refractivity contribution in [1.29, 1.82) is 0 Å². The van der Waals surface area contributed by atoms with Gasteiger partial charge in [0, 0.05) is 11.6 Å². The van der Waals surface area contributed by atoms with Crippen molar-refractivity contribution in [1.82, 2.24) is 0 Å². The van der Waals surface area contributed by atoms with Gasteiger partial charge in [0.1, 0.15) is 0 Å². The van der Waals surface area contributed by atoms with Gasteiger partial charge >= 0.3 is 0 Å². The number of para-hydroxylation sites is 1. The average Bonchev–Trinajstić information content (AvgIpc) is 2.37. The molecule has 0 fully saturated rings. The predicted molar refractivity (Wildman–Crippen MR) is 70.6 cm³/mol. The molecule has 0 amide bonds. The lowest BCUT2D eigenvalue weighted by molar-refractivity contribution is 0.348. The minimum atomic E-state index is 0.0200. The Morgan fingerprint density at radius 1 is 1.18 bits per heavy atom. The van der Waals surface area contributed by atoms with Crippen LogP contribution >= 0.6 is 0 Å². The van der Waals surface area contributed by atoms with Crippen LogP contribution in [0.2, 0.25) is 0 Å². The van der Waals surface area contributed by atoms with E-state index < -0.39 is 0 Å². The van der Waals surface area contributed by atoms with Crippen molar-refractivity contribution >= 4 is 0 Å². The molecule has 1 rings (SSSR count). The smallest absolute Gasteiger partial charge is 0.165 e. The largest absolute Gasteiger partial charge is 0.493 e. The van der Waals surface area contributed by atoms with E-state index in [1.807, 2.05) is 18.2 Å². The topological polar surface area (TPSA) is 44.5 Å². The quantitative estimate of drug-likeness (QED) is 0.740. The van der Waals surface area contributed by atoms with Gasteiger partial charge in [-0.2, -0.15) is 0 Å². The van der Waals surface area contributed by atoms with Gasteiger partial charge in [-0.3, -0.25) is 0 Å². The molecular weight excluding hydrogens is 214 g/mol. The first-order valence-corrected chi connectivity index (χ1v) is 6.21. The second kappa shape index (κ2) is 7.17. The molecule has 0 saturated carbocycles.